The van der Waals surface area contributed by atoms with Gasteiger partial charge in [0.2, 0.25) is 0 Å². The zero-order chi connectivity index (χ0) is 14.8. The number of rotatable bonds is 10. The number of unbranched alkanes of at least 4 members (excludes halogenated alkanes) is 2. The Bertz CT molecular complexity index is 379. The molecule has 0 spiro atoms. The maximum atomic E-state index is 10.2. The van der Waals surface area contributed by atoms with E-state index >= 15 is 0 Å². The number of hydrogen-bond donors (Lipinski definition) is 2. The molecule has 0 amide bonds. The maximum absolute atomic E-state index is 10.2. The smallest absolute Gasteiger partial charge is 0.162 e. The van der Waals surface area contributed by atoms with Crippen molar-refractivity contribution in [1.82, 2.24) is 5.32 Å². The minimum Gasteiger partial charge on any atom is -0.504 e. The summed E-state index contributed by atoms with van der Waals surface area (Å²) in [6, 6.07) is 6.21. The van der Waals surface area contributed by atoms with Gasteiger partial charge in [0.15, 0.2) is 11.5 Å². The first-order valence-electron chi connectivity index (χ1n) is 7.89. The van der Waals surface area contributed by atoms with Gasteiger partial charge in [0.25, 0.3) is 0 Å². The van der Waals surface area contributed by atoms with Gasteiger partial charge in [-0.25, -0.2) is 0 Å². The Morgan fingerprint density at radius 2 is 2.00 bits per heavy atom. The fourth-order valence-electron chi connectivity index (χ4n) is 2.33. The Morgan fingerprint density at radius 1 is 1.20 bits per heavy atom. The summed E-state index contributed by atoms with van der Waals surface area (Å²) in [5.41, 5.74) is 0.907. The van der Waals surface area contributed by atoms with E-state index in [1.807, 2.05) is 19.1 Å². The molecule has 0 saturated carbocycles. The van der Waals surface area contributed by atoms with Gasteiger partial charge in [0.1, 0.15) is 0 Å². The standard InChI is InChI=1S/C17H29NO2/c1-4-7-8-11-15(5-2)18-13-14-10-9-12-16(17(14)19)20-6-3/h9-10,12,15,18-19H,4-8,11,13H2,1-3H3. The fraction of sp³-hybridized carbons (Fsp3) is 0.647. The Labute approximate surface area is 123 Å². The van der Waals surface area contributed by atoms with E-state index in [0.29, 0.717) is 24.9 Å². The third-order valence-electron chi connectivity index (χ3n) is 3.61. The quantitative estimate of drug-likeness (QED) is 0.629. The van der Waals surface area contributed by atoms with Crippen molar-refractivity contribution in [2.75, 3.05) is 6.61 Å². The third kappa shape index (κ3) is 5.41. The number of hydrogen-bond acceptors (Lipinski definition) is 3. The second-order valence-corrected chi connectivity index (χ2v) is 5.18. The van der Waals surface area contributed by atoms with Crippen LogP contribution in [0.1, 0.15) is 58.4 Å². The second-order valence-electron chi connectivity index (χ2n) is 5.18. The second kappa shape index (κ2) is 9.65. The molecule has 2 N–H and O–H groups in total. The highest BCUT2D eigenvalue weighted by atomic mass is 16.5. The third-order valence-corrected chi connectivity index (χ3v) is 3.61. The normalized spacial score (nSPS) is 12.3. The molecular weight excluding hydrogens is 250 g/mol. The average Bonchev–Trinajstić information content (AvgIpc) is 2.46. The first-order chi connectivity index (χ1) is 9.72. The Hall–Kier alpha value is -1.22. The summed E-state index contributed by atoms with van der Waals surface area (Å²) in [6.07, 6.45) is 6.15. The summed E-state index contributed by atoms with van der Waals surface area (Å²) < 4.78 is 5.41. The molecule has 0 aliphatic carbocycles. The predicted molar refractivity (Wildman–Crippen MR) is 84.3 cm³/mol. The first kappa shape index (κ1) is 16.8. The minimum absolute atomic E-state index is 0.269. The molecule has 3 nitrogen and oxygen atoms in total. The highest BCUT2D eigenvalue weighted by Gasteiger charge is 2.10. The van der Waals surface area contributed by atoms with Gasteiger partial charge < -0.3 is 15.2 Å². The molecule has 1 aromatic carbocycles. The van der Waals surface area contributed by atoms with Gasteiger partial charge in [-0.3, -0.25) is 0 Å². The van der Waals surface area contributed by atoms with Crippen LogP contribution in [0.3, 0.4) is 0 Å². The summed E-state index contributed by atoms with van der Waals surface area (Å²) in [5, 5.41) is 13.7. The minimum atomic E-state index is 0.269. The van der Waals surface area contributed by atoms with E-state index < -0.39 is 0 Å². The highest BCUT2D eigenvalue weighted by Crippen LogP contribution is 2.29. The van der Waals surface area contributed by atoms with Crippen molar-refractivity contribution < 1.29 is 9.84 Å². The van der Waals surface area contributed by atoms with Crippen molar-refractivity contribution in [3.05, 3.63) is 23.8 Å². The topological polar surface area (TPSA) is 41.5 Å². The van der Waals surface area contributed by atoms with Gasteiger partial charge >= 0.3 is 0 Å². The lowest BCUT2D eigenvalue weighted by Crippen LogP contribution is -2.27. The molecular formula is C17H29NO2. The molecule has 1 rings (SSSR count). The first-order valence-corrected chi connectivity index (χ1v) is 7.89. The van der Waals surface area contributed by atoms with Crippen LogP contribution in [0.5, 0.6) is 11.5 Å². The van der Waals surface area contributed by atoms with Crippen molar-refractivity contribution in [3.8, 4) is 11.5 Å². The lowest BCUT2D eigenvalue weighted by molar-refractivity contribution is 0.315. The van der Waals surface area contributed by atoms with Crippen LogP contribution in [0.15, 0.2) is 18.2 Å². The molecule has 0 aliphatic heterocycles. The molecule has 20 heavy (non-hydrogen) atoms. The summed E-state index contributed by atoms with van der Waals surface area (Å²) >= 11 is 0. The molecule has 1 atom stereocenters. The van der Waals surface area contributed by atoms with Crippen LogP contribution >= 0.6 is 0 Å². The van der Waals surface area contributed by atoms with Crippen LogP contribution < -0.4 is 10.1 Å². The van der Waals surface area contributed by atoms with Crippen LogP contribution in [-0.2, 0) is 6.54 Å². The number of nitrogens with one attached hydrogen (secondary N) is 1. The molecule has 1 unspecified atom stereocenters. The number of phenols is 1. The molecule has 0 aliphatic rings. The van der Waals surface area contributed by atoms with Crippen LogP contribution in [0.4, 0.5) is 0 Å². The van der Waals surface area contributed by atoms with E-state index in [1.165, 1.54) is 25.7 Å². The van der Waals surface area contributed by atoms with Crippen molar-refractivity contribution >= 4 is 0 Å². The van der Waals surface area contributed by atoms with Gasteiger partial charge in [0.05, 0.1) is 6.61 Å². The number of aromatic hydroxyl groups is 1. The SMILES string of the molecule is CCCCCC(CC)NCc1cccc(OCC)c1O. The number of benzene rings is 1. The van der Waals surface area contributed by atoms with Crippen molar-refractivity contribution in [1.29, 1.82) is 0 Å². The monoisotopic (exact) mass is 279 g/mol. The lowest BCUT2D eigenvalue weighted by atomic mass is 10.1. The molecule has 0 aromatic heterocycles. The van der Waals surface area contributed by atoms with Crippen molar-refractivity contribution in [3.63, 3.8) is 0 Å². The Balaban J connectivity index is 2.52. The lowest BCUT2D eigenvalue weighted by Gasteiger charge is -2.18. The summed E-state index contributed by atoms with van der Waals surface area (Å²) in [5.74, 6) is 0.844. The summed E-state index contributed by atoms with van der Waals surface area (Å²) in [7, 11) is 0. The molecule has 0 saturated heterocycles. The zero-order valence-electron chi connectivity index (χ0n) is 13.1. The maximum Gasteiger partial charge on any atom is 0.162 e. The van der Waals surface area contributed by atoms with Crippen LogP contribution in [0.2, 0.25) is 0 Å². The molecule has 1 aromatic rings. The number of para-hydroxylation sites is 1. The summed E-state index contributed by atoms with van der Waals surface area (Å²) in [6.45, 7) is 7.62. The van der Waals surface area contributed by atoms with E-state index in [-0.39, 0.29) is 5.75 Å². The predicted octanol–water partition coefficient (Wildman–Crippen LogP) is 4.24. The van der Waals surface area contributed by atoms with Gasteiger partial charge in [-0.15, -0.1) is 0 Å². The molecule has 0 radical (unpaired) electrons. The molecule has 0 fully saturated rings. The van der Waals surface area contributed by atoms with E-state index in [2.05, 4.69) is 19.2 Å². The van der Waals surface area contributed by atoms with E-state index in [0.717, 1.165) is 12.0 Å². The van der Waals surface area contributed by atoms with Crippen LogP contribution in [0, 0.1) is 0 Å². The molecule has 0 heterocycles. The van der Waals surface area contributed by atoms with Crippen molar-refractivity contribution in [2.24, 2.45) is 0 Å². The van der Waals surface area contributed by atoms with Gasteiger partial charge in [-0.2, -0.15) is 0 Å². The summed E-state index contributed by atoms with van der Waals surface area (Å²) in [4.78, 5) is 0. The zero-order valence-corrected chi connectivity index (χ0v) is 13.1. The van der Waals surface area contributed by atoms with Crippen LogP contribution in [0.25, 0.3) is 0 Å². The van der Waals surface area contributed by atoms with Gasteiger partial charge in [0, 0.05) is 18.2 Å². The number of ether oxygens (including phenoxy) is 1. The molecule has 3 heteroatoms. The van der Waals surface area contributed by atoms with Crippen molar-refractivity contribution in [2.45, 2.75) is 65.5 Å². The largest absolute Gasteiger partial charge is 0.504 e. The van der Waals surface area contributed by atoms with E-state index in [4.69, 9.17) is 4.74 Å². The fourth-order valence-corrected chi connectivity index (χ4v) is 2.33. The average molecular weight is 279 g/mol. The van der Waals surface area contributed by atoms with Gasteiger partial charge in [-0.1, -0.05) is 45.2 Å². The van der Waals surface area contributed by atoms with E-state index in [1.54, 1.807) is 6.07 Å². The Kier molecular flexibility index (Phi) is 8.12. The molecule has 0 bridgehead atoms. The molecule has 114 valence electrons. The number of phenolic OH excluding ortho intramolecular Hbond substituents is 1. The Morgan fingerprint density at radius 3 is 2.65 bits per heavy atom. The van der Waals surface area contributed by atoms with Gasteiger partial charge in [-0.05, 0) is 25.8 Å². The van der Waals surface area contributed by atoms with E-state index in [9.17, 15) is 5.11 Å². The van der Waals surface area contributed by atoms with Crippen LogP contribution in [-0.4, -0.2) is 17.8 Å². The highest BCUT2D eigenvalue weighted by molar-refractivity contribution is 5.45.